The fourth-order valence-corrected chi connectivity index (χ4v) is 2.98. The molecule has 114 valence electrons. The lowest BCUT2D eigenvalue weighted by Gasteiger charge is -2.18. The molecule has 4 nitrogen and oxygen atoms in total. The zero-order chi connectivity index (χ0) is 15.2. The van der Waals surface area contributed by atoms with Crippen LogP contribution < -0.4 is 14.8 Å². The highest BCUT2D eigenvalue weighted by molar-refractivity contribution is 7.09. The van der Waals surface area contributed by atoms with Gasteiger partial charge in [-0.15, -0.1) is 11.3 Å². The summed E-state index contributed by atoms with van der Waals surface area (Å²) >= 11 is 1.71. The molecule has 1 unspecified atom stereocenters. The molecule has 0 aliphatic carbocycles. The monoisotopic (exact) mass is 306 g/mol. The van der Waals surface area contributed by atoms with E-state index in [9.17, 15) is 0 Å². The third kappa shape index (κ3) is 4.19. The van der Waals surface area contributed by atoms with Crippen LogP contribution in [0.1, 0.15) is 29.2 Å². The molecule has 2 aromatic rings. The number of aryl methyl sites for hydroxylation is 1. The van der Waals surface area contributed by atoms with Crippen LogP contribution in [-0.4, -0.2) is 25.7 Å². The van der Waals surface area contributed by atoms with Crippen molar-refractivity contribution in [3.63, 3.8) is 0 Å². The van der Waals surface area contributed by atoms with Crippen molar-refractivity contribution in [2.45, 2.75) is 26.3 Å². The van der Waals surface area contributed by atoms with Gasteiger partial charge in [-0.1, -0.05) is 0 Å². The molecule has 0 radical (unpaired) electrons. The number of hydrogen-bond donors (Lipinski definition) is 1. The van der Waals surface area contributed by atoms with Gasteiger partial charge in [-0.2, -0.15) is 0 Å². The highest BCUT2D eigenvalue weighted by atomic mass is 32.1. The maximum absolute atomic E-state index is 5.43. The second kappa shape index (κ2) is 7.43. The van der Waals surface area contributed by atoms with Crippen LogP contribution in [0.3, 0.4) is 0 Å². The van der Waals surface area contributed by atoms with Crippen LogP contribution >= 0.6 is 11.3 Å². The maximum Gasteiger partial charge on any atom is 0.123 e. The van der Waals surface area contributed by atoms with Gasteiger partial charge in [0.05, 0.1) is 19.2 Å². The van der Waals surface area contributed by atoms with Gasteiger partial charge in [-0.05, 0) is 32.0 Å². The molecule has 0 aliphatic rings. The molecule has 0 spiro atoms. The van der Waals surface area contributed by atoms with Crippen molar-refractivity contribution in [1.29, 1.82) is 0 Å². The molecule has 0 bridgehead atoms. The Morgan fingerprint density at radius 1 is 1.29 bits per heavy atom. The number of benzene rings is 1. The van der Waals surface area contributed by atoms with Crippen molar-refractivity contribution in [2.75, 3.05) is 20.8 Å². The molecule has 0 aliphatic heterocycles. The lowest BCUT2D eigenvalue weighted by atomic mass is 10.1. The Balaban J connectivity index is 1.97. The second-order valence-electron chi connectivity index (χ2n) is 4.92. The van der Waals surface area contributed by atoms with E-state index in [0.717, 1.165) is 35.7 Å². The number of hydrogen-bond acceptors (Lipinski definition) is 5. The van der Waals surface area contributed by atoms with E-state index in [2.05, 4.69) is 22.6 Å². The number of ether oxygens (including phenoxy) is 2. The summed E-state index contributed by atoms with van der Waals surface area (Å²) in [5, 5.41) is 6.77. The summed E-state index contributed by atoms with van der Waals surface area (Å²) in [7, 11) is 3.37. The van der Waals surface area contributed by atoms with Crippen molar-refractivity contribution >= 4 is 11.3 Å². The third-order valence-electron chi connectivity index (χ3n) is 3.36. The van der Waals surface area contributed by atoms with E-state index in [1.54, 1.807) is 25.6 Å². The summed E-state index contributed by atoms with van der Waals surface area (Å²) in [6.07, 6.45) is 0.940. The van der Waals surface area contributed by atoms with Gasteiger partial charge in [0.2, 0.25) is 0 Å². The fourth-order valence-electron chi connectivity index (χ4n) is 2.20. The van der Waals surface area contributed by atoms with E-state index >= 15 is 0 Å². The topological polar surface area (TPSA) is 43.4 Å². The lowest BCUT2D eigenvalue weighted by Crippen LogP contribution is -2.21. The molecule has 21 heavy (non-hydrogen) atoms. The first-order valence-corrected chi connectivity index (χ1v) is 7.88. The number of nitrogens with one attached hydrogen (secondary N) is 1. The molecular formula is C16H22N2O2S. The summed E-state index contributed by atoms with van der Waals surface area (Å²) in [5.41, 5.74) is 2.20. The van der Waals surface area contributed by atoms with Crippen LogP contribution in [0.4, 0.5) is 0 Å². The Morgan fingerprint density at radius 2 is 2.10 bits per heavy atom. The molecule has 0 amide bonds. The van der Waals surface area contributed by atoms with Gasteiger partial charge in [0.15, 0.2) is 0 Å². The quantitative estimate of drug-likeness (QED) is 0.852. The summed E-state index contributed by atoms with van der Waals surface area (Å²) in [6, 6.07) is 6.06. The average molecular weight is 306 g/mol. The number of methoxy groups -OCH3 is 2. The van der Waals surface area contributed by atoms with Gasteiger partial charge in [0, 0.05) is 35.6 Å². The Kier molecular flexibility index (Phi) is 5.59. The number of thiazole rings is 1. The maximum atomic E-state index is 5.43. The van der Waals surface area contributed by atoms with E-state index in [1.165, 1.54) is 5.01 Å². The lowest BCUT2D eigenvalue weighted by molar-refractivity contribution is 0.392. The molecule has 1 heterocycles. The summed E-state index contributed by atoms with van der Waals surface area (Å²) in [5.74, 6) is 1.72. The van der Waals surface area contributed by atoms with Crippen LogP contribution in [0.5, 0.6) is 11.5 Å². The van der Waals surface area contributed by atoms with Crippen molar-refractivity contribution in [2.24, 2.45) is 0 Å². The number of nitrogens with zero attached hydrogens (tertiary/aromatic N) is 1. The van der Waals surface area contributed by atoms with Crippen molar-refractivity contribution in [3.05, 3.63) is 39.8 Å². The standard InChI is InChI=1S/C16H22N2O2S/c1-11-10-21-16(18-11)7-8-17-12(2)14-9-13(19-3)5-6-15(14)20-4/h5-6,9-10,12,17H,7-8H2,1-4H3. The van der Waals surface area contributed by atoms with Crippen LogP contribution in [0.2, 0.25) is 0 Å². The van der Waals surface area contributed by atoms with Crippen molar-refractivity contribution in [1.82, 2.24) is 10.3 Å². The summed E-state index contributed by atoms with van der Waals surface area (Å²) in [4.78, 5) is 4.48. The Hall–Kier alpha value is -1.59. The Labute approximate surface area is 130 Å². The average Bonchev–Trinajstić information content (AvgIpc) is 2.91. The first-order valence-electron chi connectivity index (χ1n) is 7.00. The molecule has 0 saturated carbocycles. The van der Waals surface area contributed by atoms with Gasteiger partial charge in [0.1, 0.15) is 11.5 Å². The minimum Gasteiger partial charge on any atom is -0.497 e. The largest absolute Gasteiger partial charge is 0.497 e. The van der Waals surface area contributed by atoms with E-state index in [0.29, 0.717) is 0 Å². The zero-order valence-corrected chi connectivity index (χ0v) is 13.8. The van der Waals surface area contributed by atoms with Crippen LogP contribution in [-0.2, 0) is 6.42 Å². The SMILES string of the molecule is COc1ccc(OC)c(C(C)NCCc2nc(C)cs2)c1. The van der Waals surface area contributed by atoms with Crippen LogP contribution in [0, 0.1) is 6.92 Å². The Morgan fingerprint density at radius 3 is 2.71 bits per heavy atom. The molecule has 0 fully saturated rings. The molecular weight excluding hydrogens is 284 g/mol. The van der Waals surface area contributed by atoms with Gasteiger partial charge in [-0.25, -0.2) is 4.98 Å². The second-order valence-corrected chi connectivity index (χ2v) is 5.86. The van der Waals surface area contributed by atoms with Gasteiger partial charge in [0.25, 0.3) is 0 Å². The van der Waals surface area contributed by atoms with Gasteiger partial charge >= 0.3 is 0 Å². The Bertz CT molecular complexity index is 583. The normalized spacial score (nSPS) is 12.2. The van der Waals surface area contributed by atoms with Crippen LogP contribution in [0.15, 0.2) is 23.6 Å². The fraction of sp³-hybridized carbons (Fsp3) is 0.438. The minimum atomic E-state index is 0.191. The highest BCUT2D eigenvalue weighted by Gasteiger charge is 2.12. The first kappa shape index (κ1) is 15.8. The van der Waals surface area contributed by atoms with Crippen molar-refractivity contribution in [3.8, 4) is 11.5 Å². The number of rotatable bonds is 7. The van der Waals surface area contributed by atoms with Gasteiger partial charge < -0.3 is 14.8 Å². The van der Waals surface area contributed by atoms with Gasteiger partial charge in [-0.3, -0.25) is 0 Å². The summed E-state index contributed by atoms with van der Waals surface area (Å²) in [6.45, 7) is 5.04. The molecule has 5 heteroatoms. The molecule has 1 atom stereocenters. The summed E-state index contributed by atoms with van der Waals surface area (Å²) < 4.78 is 10.7. The molecule has 1 aromatic carbocycles. The zero-order valence-electron chi connectivity index (χ0n) is 13.0. The van der Waals surface area contributed by atoms with E-state index in [1.807, 2.05) is 25.1 Å². The smallest absolute Gasteiger partial charge is 0.123 e. The number of aromatic nitrogens is 1. The predicted molar refractivity (Wildman–Crippen MR) is 86.5 cm³/mol. The molecule has 0 saturated heterocycles. The molecule has 2 rings (SSSR count). The van der Waals surface area contributed by atoms with E-state index in [4.69, 9.17) is 9.47 Å². The molecule has 1 aromatic heterocycles. The highest BCUT2D eigenvalue weighted by Crippen LogP contribution is 2.29. The van der Waals surface area contributed by atoms with E-state index in [-0.39, 0.29) is 6.04 Å². The molecule has 1 N–H and O–H groups in total. The van der Waals surface area contributed by atoms with E-state index < -0.39 is 0 Å². The predicted octanol–water partition coefficient (Wildman–Crippen LogP) is 3.36. The van der Waals surface area contributed by atoms with Crippen molar-refractivity contribution < 1.29 is 9.47 Å². The van der Waals surface area contributed by atoms with Crippen LogP contribution in [0.25, 0.3) is 0 Å². The minimum absolute atomic E-state index is 0.191. The third-order valence-corrected chi connectivity index (χ3v) is 4.39. The first-order chi connectivity index (χ1) is 10.1.